The number of nitrogens with one attached hydrogen (secondary N) is 2. The van der Waals surface area contributed by atoms with Gasteiger partial charge in [0.25, 0.3) is 0 Å². The van der Waals surface area contributed by atoms with Gasteiger partial charge >= 0.3 is 0 Å². The lowest BCUT2D eigenvalue weighted by Crippen LogP contribution is -2.42. The summed E-state index contributed by atoms with van der Waals surface area (Å²) in [6.45, 7) is 2.89. The van der Waals surface area contributed by atoms with Gasteiger partial charge in [0.05, 0.1) is 28.7 Å². The van der Waals surface area contributed by atoms with Crippen LogP contribution in [0.5, 0.6) is 0 Å². The lowest BCUT2D eigenvalue weighted by Gasteiger charge is -2.36. The van der Waals surface area contributed by atoms with Gasteiger partial charge in [0.1, 0.15) is 5.82 Å². The molecular formula is C20H26N6S. The number of rotatable bonds is 6. The molecular weight excluding hydrogens is 356 g/mol. The van der Waals surface area contributed by atoms with Crippen molar-refractivity contribution in [3.63, 3.8) is 0 Å². The Labute approximate surface area is 164 Å². The van der Waals surface area contributed by atoms with Gasteiger partial charge in [-0.2, -0.15) is 5.10 Å². The van der Waals surface area contributed by atoms with Gasteiger partial charge in [-0.3, -0.25) is 5.10 Å². The zero-order valence-electron chi connectivity index (χ0n) is 15.9. The molecule has 1 fully saturated rings. The SMILES string of the molecule is CN(C)C1CCN(c2ccc(NCc3cn[nH]c3-c3cccs3)nc2)CC1. The van der Waals surface area contributed by atoms with E-state index in [0.717, 1.165) is 30.2 Å². The molecule has 0 amide bonds. The van der Waals surface area contributed by atoms with Crippen molar-refractivity contribution in [2.24, 2.45) is 0 Å². The zero-order chi connectivity index (χ0) is 18.6. The number of hydrogen-bond acceptors (Lipinski definition) is 6. The number of aromatic amines is 1. The second-order valence-electron chi connectivity index (χ2n) is 7.18. The van der Waals surface area contributed by atoms with Gasteiger partial charge in [-0.25, -0.2) is 4.98 Å². The van der Waals surface area contributed by atoms with E-state index in [1.54, 1.807) is 11.3 Å². The summed E-state index contributed by atoms with van der Waals surface area (Å²) in [5.74, 6) is 0.889. The van der Waals surface area contributed by atoms with Crippen molar-refractivity contribution >= 4 is 22.8 Å². The highest BCUT2D eigenvalue weighted by molar-refractivity contribution is 7.13. The molecule has 3 aromatic rings. The van der Waals surface area contributed by atoms with Crippen LogP contribution in [0.15, 0.2) is 42.0 Å². The van der Waals surface area contributed by atoms with Crippen molar-refractivity contribution < 1.29 is 0 Å². The molecule has 0 aliphatic carbocycles. The molecule has 1 saturated heterocycles. The molecule has 0 unspecified atom stereocenters. The first kappa shape index (κ1) is 18.0. The summed E-state index contributed by atoms with van der Waals surface area (Å²) < 4.78 is 0. The number of thiophene rings is 1. The monoisotopic (exact) mass is 382 g/mol. The molecule has 0 saturated carbocycles. The van der Waals surface area contributed by atoms with Crippen LogP contribution in [-0.2, 0) is 6.54 Å². The largest absolute Gasteiger partial charge is 0.370 e. The molecule has 0 aromatic carbocycles. The molecule has 4 heterocycles. The smallest absolute Gasteiger partial charge is 0.126 e. The first-order chi connectivity index (χ1) is 13.2. The summed E-state index contributed by atoms with van der Waals surface area (Å²) in [7, 11) is 4.35. The van der Waals surface area contributed by atoms with E-state index in [9.17, 15) is 0 Å². The average molecular weight is 383 g/mol. The third-order valence-electron chi connectivity index (χ3n) is 5.25. The van der Waals surface area contributed by atoms with Crippen molar-refractivity contribution in [2.45, 2.75) is 25.4 Å². The van der Waals surface area contributed by atoms with E-state index < -0.39 is 0 Å². The van der Waals surface area contributed by atoms with Crippen molar-refractivity contribution in [3.05, 3.63) is 47.6 Å². The Balaban J connectivity index is 1.35. The van der Waals surface area contributed by atoms with Crippen molar-refractivity contribution in [1.29, 1.82) is 0 Å². The fourth-order valence-corrected chi connectivity index (χ4v) is 4.34. The molecule has 1 aliphatic heterocycles. The summed E-state index contributed by atoms with van der Waals surface area (Å²) in [5, 5.41) is 12.8. The lowest BCUT2D eigenvalue weighted by molar-refractivity contribution is 0.249. The van der Waals surface area contributed by atoms with Gasteiger partial charge in [-0.1, -0.05) is 6.07 Å². The van der Waals surface area contributed by atoms with E-state index in [1.165, 1.54) is 23.4 Å². The number of pyridine rings is 1. The molecule has 0 radical (unpaired) electrons. The Kier molecular flexibility index (Phi) is 5.40. The summed E-state index contributed by atoms with van der Waals surface area (Å²) in [6.07, 6.45) is 6.27. The van der Waals surface area contributed by atoms with Crippen LogP contribution < -0.4 is 10.2 Å². The number of aromatic nitrogens is 3. The Morgan fingerprint density at radius 2 is 2.07 bits per heavy atom. The molecule has 7 heteroatoms. The highest BCUT2D eigenvalue weighted by Gasteiger charge is 2.20. The van der Waals surface area contributed by atoms with E-state index in [0.29, 0.717) is 12.6 Å². The van der Waals surface area contributed by atoms with Gasteiger partial charge < -0.3 is 15.1 Å². The van der Waals surface area contributed by atoms with Gasteiger partial charge in [0.15, 0.2) is 0 Å². The molecule has 0 atom stereocenters. The maximum Gasteiger partial charge on any atom is 0.126 e. The molecule has 6 nitrogen and oxygen atoms in total. The highest BCUT2D eigenvalue weighted by Crippen LogP contribution is 2.26. The number of nitrogens with zero attached hydrogens (tertiary/aromatic N) is 4. The molecule has 4 rings (SSSR count). The first-order valence-corrected chi connectivity index (χ1v) is 10.3. The molecule has 3 aromatic heterocycles. The van der Waals surface area contributed by atoms with Gasteiger partial charge in [0, 0.05) is 31.2 Å². The Bertz CT molecular complexity index is 832. The predicted octanol–water partition coefficient (Wildman–Crippen LogP) is 3.68. The maximum atomic E-state index is 4.61. The molecule has 0 spiro atoms. The Hall–Kier alpha value is -2.38. The van der Waals surface area contributed by atoms with Crippen LogP contribution in [0.2, 0.25) is 0 Å². The normalized spacial score (nSPS) is 15.4. The van der Waals surface area contributed by atoms with Crippen LogP contribution in [-0.4, -0.2) is 53.3 Å². The third kappa shape index (κ3) is 4.14. The topological polar surface area (TPSA) is 60.1 Å². The fraction of sp³-hybridized carbons (Fsp3) is 0.400. The number of hydrogen-bond donors (Lipinski definition) is 2. The van der Waals surface area contributed by atoms with Crippen LogP contribution in [0, 0.1) is 0 Å². The zero-order valence-corrected chi connectivity index (χ0v) is 16.7. The lowest BCUT2D eigenvalue weighted by atomic mass is 10.0. The fourth-order valence-electron chi connectivity index (χ4n) is 3.58. The molecule has 1 aliphatic rings. The highest BCUT2D eigenvalue weighted by atomic mass is 32.1. The molecule has 142 valence electrons. The minimum absolute atomic E-state index is 0.697. The third-order valence-corrected chi connectivity index (χ3v) is 6.14. The van der Waals surface area contributed by atoms with E-state index in [1.807, 2.05) is 12.4 Å². The maximum absolute atomic E-state index is 4.61. The van der Waals surface area contributed by atoms with Crippen molar-refractivity contribution in [3.8, 4) is 10.6 Å². The molecule has 2 N–H and O–H groups in total. The van der Waals surface area contributed by atoms with E-state index in [2.05, 4.69) is 74.0 Å². The minimum Gasteiger partial charge on any atom is -0.370 e. The van der Waals surface area contributed by atoms with E-state index in [4.69, 9.17) is 0 Å². The number of anilines is 2. The molecule has 0 bridgehead atoms. The van der Waals surface area contributed by atoms with Crippen LogP contribution in [0.3, 0.4) is 0 Å². The van der Waals surface area contributed by atoms with Crippen LogP contribution >= 0.6 is 11.3 Å². The number of H-pyrrole nitrogens is 1. The Morgan fingerprint density at radius 1 is 1.22 bits per heavy atom. The predicted molar refractivity (Wildman–Crippen MR) is 112 cm³/mol. The van der Waals surface area contributed by atoms with Crippen LogP contribution in [0.1, 0.15) is 18.4 Å². The molecule has 27 heavy (non-hydrogen) atoms. The minimum atomic E-state index is 0.697. The van der Waals surface area contributed by atoms with E-state index in [-0.39, 0.29) is 0 Å². The van der Waals surface area contributed by atoms with Gasteiger partial charge in [-0.05, 0) is 50.5 Å². The van der Waals surface area contributed by atoms with Crippen molar-refractivity contribution in [2.75, 3.05) is 37.4 Å². The Morgan fingerprint density at radius 3 is 2.74 bits per heavy atom. The summed E-state index contributed by atoms with van der Waals surface area (Å²) in [6, 6.07) is 9.09. The second kappa shape index (κ2) is 8.10. The van der Waals surface area contributed by atoms with Crippen LogP contribution in [0.4, 0.5) is 11.5 Å². The van der Waals surface area contributed by atoms with Crippen molar-refractivity contribution in [1.82, 2.24) is 20.1 Å². The average Bonchev–Trinajstić information content (AvgIpc) is 3.38. The number of piperidine rings is 1. The summed E-state index contributed by atoms with van der Waals surface area (Å²) >= 11 is 1.71. The van der Waals surface area contributed by atoms with Gasteiger partial charge in [-0.15, -0.1) is 11.3 Å². The summed E-state index contributed by atoms with van der Waals surface area (Å²) in [5.41, 5.74) is 3.44. The quantitative estimate of drug-likeness (QED) is 0.681. The standard InChI is InChI=1S/C20H26N6S/c1-25(2)16-7-9-26(10-8-16)17-5-6-19(22-14-17)21-12-15-13-23-24-20(15)18-4-3-11-27-18/h3-6,11,13-14,16H,7-10,12H2,1-2H3,(H,21,22)(H,23,24). The van der Waals surface area contributed by atoms with E-state index >= 15 is 0 Å². The second-order valence-corrected chi connectivity index (χ2v) is 8.13. The summed E-state index contributed by atoms with van der Waals surface area (Å²) in [4.78, 5) is 10.6. The first-order valence-electron chi connectivity index (χ1n) is 9.38. The van der Waals surface area contributed by atoms with Gasteiger partial charge in [0.2, 0.25) is 0 Å². The van der Waals surface area contributed by atoms with Crippen LogP contribution in [0.25, 0.3) is 10.6 Å².